The van der Waals surface area contributed by atoms with Gasteiger partial charge in [-0.25, -0.2) is 4.98 Å². The lowest BCUT2D eigenvalue weighted by Crippen LogP contribution is -2.37. The minimum atomic E-state index is 0.0255. The quantitative estimate of drug-likeness (QED) is 0.496. The summed E-state index contributed by atoms with van der Waals surface area (Å²) in [6, 6.07) is 22.8. The van der Waals surface area contributed by atoms with E-state index in [0.717, 1.165) is 41.3 Å². The number of nitrogens with one attached hydrogen (secondary N) is 1. The van der Waals surface area contributed by atoms with Crippen LogP contribution in [0.15, 0.2) is 66.7 Å². The summed E-state index contributed by atoms with van der Waals surface area (Å²) in [6.07, 6.45) is 1.000. The first kappa shape index (κ1) is 19.0. The van der Waals surface area contributed by atoms with E-state index in [1.165, 1.54) is 21.4 Å². The van der Waals surface area contributed by atoms with Crippen LogP contribution in [-0.4, -0.2) is 28.9 Å². The van der Waals surface area contributed by atoms with Gasteiger partial charge in [0, 0.05) is 24.3 Å². The minimum absolute atomic E-state index is 0.0255. The summed E-state index contributed by atoms with van der Waals surface area (Å²) in [5.41, 5.74) is 6.88. The van der Waals surface area contributed by atoms with E-state index in [2.05, 4.69) is 59.6 Å². The zero-order valence-electron chi connectivity index (χ0n) is 16.9. The number of aromatic nitrogens is 1. The molecule has 0 saturated heterocycles. The average molecular weight is 414 g/mol. The largest absolute Gasteiger partial charge is 0.325 e. The van der Waals surface area contributed by atoms with E-state index in [4.69, 9.17) is 4.98 Å². The van der Waals surface area contributed by atoms with Crippen molar-refractivity contribution in [1.82, 2.24) is 9.88 Å². The van der Waals surface area contributed by atoms with Crippen molar-refractivity contribution in [1.29, 1.82) is 0 Å². The fraction of sp³-hybridized carbons (Fsp3) is 0.200. The van der Waals surface area contributed by atoms with Crippen LogP contribution in [0.2, 0.25) is 0 Å². The van der Waals surface area contributed by atoms with Gasteiger partial charge < -0.3 is 5.32 Å². The molecule has 0 fully saturated rings. The van der Waals surface area contributed by atoms with Crippen LogP contribution in [0, 0.1) is 6.92 Å². The Morgan fingerprint density at radius 2 is 1.87 bits per heavy atom. The van der Waals surface area contributed by atoms with E-state index in [1.54, 1.807) is 11.3 Å². The molecule has 0 atom stereocenters. The van der Waals surface area contributed by atoms with Gasteiger partial charge in [0.1, 0.15) is 5.01 Å². The lowest BCUT2D eigenvalue weighted by molar-refractivity contribution is -0.117. The first-order valence-electron chi connectivity index (χ1n) is 10.2. The predicted octanol–water partition coefficient (Wildman–Crippen LogP) is 5.27. The normalized spacial score (nSPS) is 13.9. The summed E-state index contributed by atoms with van der Waals surface area (Å²) >= 11 is 1.70. The van der Waals surface area contributed by atoms with Crippen molar-refractivity contribution in [2.24, 2.45) is 0 Å². The summed E-state index contributed by atoms with van der Waals surface area (Å²) in [5.74, 6) is 0.0255. The Bertz CT molecular complexity index is 1210. The molecule has 1 amide bonds. The summed E-state index contributed by atoms with van der Waals surface area (Å²) < 4.78 is 1.20. The standard InChI is InChI=1S/C25H23N3OS/c1-17-6-11-22-23(14-17)30-25(27-22)19-7-9-21(10-8-19)26-24(29)16-28-13-12-18-4-2-3-5-20(18)15-28/h2-11,14H,12-13,15-16H2,1H3,(H,26,29). The van der Waals surface area contributed by atoms with Gasteiger partial charge in [0.25, 0.3) is 0 Å². The third kappa shape index (κ3) is 3.99. The van der Waals surface area contributed by atoms with Crippen molar-refractivity contribution in [2.75, 3.05) is 18.4 Å². The van der Waals surface area contributed by atoms with Crippen molar-refractivity contribution < 1.29 is 4.79 Å². The zero-order chi connectivity index (χ0) is 20.5. The fourth-order valence-corrected chi connectivity index (χ4v) is 5.01. The molecule has 1 aliphatic heterocycles. The first-order chi connectivity index (χ1) is 14.6. The van der Waals surface area contributed by atoms with Gasteiger partial charge in [-0.2, -0.15) is 0 Å². The number of benzene rings is 3. The van der Waals surface area contributed by atoms with Crippen LogP contribution in [0.5, 0.6) is 0 Å². The summed E-state index contributed by atoms with van der Waals surface area (Å²) in [4.78, 5) is 19.5. The first-order valence-corrected chi connectivity index (χ1v) is 11.0. The van der Waals surface area contributed by atoms with Crippen LogP contribution in [-0.2, 0) is 17.8 Å². The van der Waals surface area contributed by atoms with E-state index in [0.29, 0.717) is 6.54 Å². The number of carbonyl (C=O) groups excluding carboxylic acids is 1. The van der Waals surface area contributed by atoms with Crippen LogP contribution < -0.4 is 5.32 Å². The number of hydrogen-bond donors (Lipinski definition) is 1. The Labute approximate surface area is 180 Å². The van der Waals surface area contributed by atoms with Crippen molar-refractivity contribution >= 4 is 33.1 Å². The zero-order valence-corrected chi connectivity index (χ0v) is 17.7. The number of anilines is 1. The Morgan fingerprint density at radius 1 is 1.07 bits per heavy atom. The molecule has 0 saturated carbocycles. The van der Waals surface area contributed by atoms with E-state index >= 15 is 0 Å². The monoisotopic (exact) mass is 413 g/mol. The lowest BCUT2D eigenvalue weighted by atomic mass is 10.00. The van der Waals surface area contributed by atoms with Crippen LogP contribution in [0.1, 0.15) is 16.7 Å². The van der Waals surface area contributed by atoms with Gasteiger partial charge in [-0.05, 0) is 66.4 Å². The van der Waals surface area contributed by atoms with E-state index in [-0.39, 0.29) is 5.91 Å². The molecule has 5 rings (SSSR count). The van der Waals surface area contributed by atoms with Gasteiger partial charge >= 0.3 is 0 Å². The number of nitrogens with zero attached hydrogens (tertiary/aromatic N) is 2. The third-order valence-corrected chi connectivity index (χ3v) is 6.60. The number of thiazole rings is 1. The van der Waals surface area contributed by atoms with Crippen molar-refractivity contribution in [3.05, 3.63) is 83.4 Å². The van der Waals surface area contributed by atoms with E-state index in [9.17, 15) is 4.79 Å². The Morgan fingerprint density at radius 3 is 2.70 bits per heavy atom. The summed E-state index contributed by atoms with van der Waals surface area (Å²) in [7, 11) is 0. The van der Waals surface area contributed by atoms with Crippen molar-refractivity contribution in [3.63, 3.8) is 0 Å². The van der Waals surface area contributed by atoms with Crippen molar-refractivity contribution in [2.45, 2.75) is 19.9 Å². The van der Waals surface area contributed by atoms with Crippen LogP contribution in [0.3, 0.4) is 0 Å². The molecule has 3 aromatic carbocycles. The van der Waals surface area contributed by atoms with Crippen molar-refractivity contribution in [3.8, 4) is 10.6 Å². The molecule has 1 N–H and O–H groups in total. The molecule has 4 nitrogen and oxygen atoms in total. The van der Waals surface area contributed by atoms with Gasteiger partial charge in [-0.3, -0.25) is 9.69 Å². The molecule has 1 aliphatic rings. The predicted molar refractivity (Wildman–Crippen MR) is 124 cm³/mol. The molecule has 0 bridgehead atoms. The number of aryl methyl sites for hydroxylation is 1. The average Bonchev–Trinajstić information content (AvgIpc) is 3.17. The second kappa shape index (κ2) is 8.01. The number of fused-ring (bicyclic) bond motifs is 2. The topological polar surface area (TPSA) is 45.2 Å². The molecule has 5 heteroatoms. The highest BCUT2D eigenvalue weighted by atomic mass is 32.1. The fourth-order valence-electron chi connectivity index (χ4n) is 3.94. The summed E-state index contributed by atoms with van der Waals surface area (Å²) in [6.45, 7) is 4.26. The van der Waals surface area contributed by atoms with E-state index < -0.39 is 0 Å². The van der Waals surface area contributed by atoms with Gasteiger partial charge in [0.15, 0.2) is 0 Å². The maximum atomic E-state index is 12.5. The van der Waals surface area contributed by atoms with Gasteiger partial charge in [0.2, 0.25) is 5.91 Å². The molecule has 0 radical (unpaired) electrons. The number of rotatable bonds is 4. The highest BCUT2D eigenvalue weighted by Gasteiger charge is 2.18. The van der Waals surface area contributed by atoms with Gasteiger partial charge in [-0.15, -0.1) is 11.3 Å². The Kier molecular flexibility index (Phi) is 5.07. The molecule has 0 unspecified atom stereocenters. The molecule has 0 spiro atoms. The maximum absolute atomic E-state index is 12.5. The molecule has 2 heterocycles. The van der Waals surface area contributed by atoms with Crippen LogP contribution in [0.25, 0.3) is 20.8 Å². The molecule has 1 aromatic heterocycles. The second-order valence-electron chi connectivity index (χ2n) is 7.85. The molecule has 0 aliphatic carbocycles. The number of amides is 1. The maximum Gasteiger partial charge on any atom is 0.238 e. The second-order valence-corrected chi connectivity index (χ2v) is 8.88. The lowest BCUT2D eigenvalue weighted by Gasteiger charge is -2.28. The number of hydrogen-bond acceptors (Lipinski definition) is 4. The highest BCUT2D eigenvalue weighted by molar-refractivity contribution is 7.21. The van der Waals surface area contributed by atoms with Crippen LogP contribution >= 0.6 is 11.3 Å². The highest BCUT2D eigenvalue weighted by Crippen LogP contribution is 2.31. The smallest absolute Gasteiger partial charge is 0.238 e. The SMILES string of the molecule is Cc1ccc2nc(-c3ccc(NC(=O)CN4CCc5ccccc5C4)cc3)sc2c1. The molecule has 4 aromatic rings. The van der Waals surface area contributed by atoms with Crippen LogP contribution in [0.4, 0.5) is 5.69 Å². The number of carbonyl (C=O) groups is 1. The molecule has 30 heavy (non-hydrogen) atoms. The summed E-state index contributed by atoms with van der Waals surface area (Å²) in [5, 5.41) is 4.03. The Hall–Kier alpha value is -3.02. The van der Waals surface area contributed by atoms with Gasteiger partial charge in [-0.1, -0.05) is 30.3 Å². The van der Waals surface area contributed by atoms with E-state index in [1.807, 2.05) is 24.3 Å². The third-order valence-electron chi connectivity index (χ3n) is 5.54. The molecular weight excluding hydrogens is 390 g/mol. The Balaban J connectivity index is 1.23. The van der Waals surface area contributed by atoms with Gasteiger partial charge in [0.05, 0.1) is 16.8 Å². The molecule has 150 valence electrons. The minimum Gasteiger partial charge on any atom is -0.325 e. The molecular formula is C25H23N3OS.